The zero-order valence-electron chi connectivity index (χ0n) is 31.9. The molecule has 1 aromatic heterocycles. The number of carbonyl (C=O) groups is 4. The summed E-state index contributed by atoms with van der Waals surface area (Å²) in [5.74, 6) is -0.571. The van der Waals surface area contributed by atoms with Gasteiger partial charge in [0.2, 0.25) is 21.8 Å². The molecule has 0 bridgehead atoms. The van der Waals surface area contributed by atoms with Crippen molar-refractivity contribution in [2.24, 2.45) is 17.3 Å². The number of pyridine rings is 1. The van der Waals surface area contributed by atoms with Crippen LogP contribution in [0.5, 0.6) is 5.75 Å². The second-order valence-corrected chi connectivity index (χ2v) is 20.2. The number of hydrogen-bond donors (Lipinski definition) is 2. The Kier molecular flexibility index (Phi) is 8.67. The Morgan fingerprint density at radius 2 is 1.78 bits per heavy atom. The van der Waals surface area contributed by atoms with Gasteiger partial charge in [0.25, 0.3) is 0 Å². The lowest BCUT2D eigenvalue weighted by atomic mass is 9.85. The number of aromatic nitrogens is 1. The van der Waals surface area contributed by atoms with Gasteiger partial charge >= 0.3 is 6.09 Å². The van der Waals surface area contributed by atoms with E-state index in [9.17, 15) is 27.6 Å². The largest absolute Gasteiger partial charge is 0.483 e. The van der Waals surface area contributed by atoms with E-state index >= 15 is 0 Å². The van der Waals surface area contributed by atoms with Crippen molar-refractivity contribution in [1.29, 1.82) is 0 Å². The molecule has 3 aliphatic heterocycles. The molecule has 2 N–H and O–H groups in total. The fourth-order valence-electron chi connectivity index (χ4n) is 9.66. The van der Waals surface area contributed by atoms with Crippen LogP contribution in [0.4, 0.5) is 4.79 Å². The van der Waals surface area contributed by atoms with Crippen LogP contribution in [-0.2, 0) is 35.6 Å². The van der Waals surface area contributed by atoms with E-state index in [0.29, 0.717) is 56.6 Å². The molecule has 7 aliphatic rings. The van der Waals surface area contributed by atoms with Gasteiger partial charge in [-0.25, -0.2) is 18.2 Å². The fourth-order valence-corrected chi connectivity index (χ4v) is 11.0. The number of nitrogens with zero attached hydrogens (tertiary/aromatic N) is 2. The van der Waals surface area contributed by atoms with Gasteiger partial charge in [-0.2, -0.15) is 0 Å². The Morgan fingerprint density at radius 1 is 1.00 bits per heavy atom. The molecule has 3 amide bonds. The minimum atomic E-state index is -3.93. The van der Waals surface area contributed by atoms with Crippen LogP contribution >= 0.6 is 0 Å². The summed E-state index contributed by atoms with van der Waals surface area (Å²) >= 11 is 0. The number of para-hydroxylation sites is 1. The molecule has 2 aromatic rings. The summed E-state index contributed by atoms with van der Waals surface area (Å²) in [5.41, 5.74) is 0.105. The van der Waals surface area contributed by atoms with E-state index in [2.05, 4.69) is 10.0 Å². The van der Waals surface area contributed by atoms with Gasteiger partial charge in [0.15, 0.2) is 5.78 Å². The number of Topliss-reactive ketones (excluding diaryl/α,β-unsaturated/α-hetero) is 1. The summed E-state index contributed by atoms with van der Waals surface area (Å²) < 4.78 is 40.8. The van der Waals surface area contributed by atoms with Gasteiger partial charge in [-0.05, 0) is 109 Å². The number of alkyl carbamates (subject to hydrolysis) is 1. The number of amides is 3. The topological polar surface area (TPSA) is 161 Å². The minimum Gasteiger partial charge on any atom is -0.483 e. The number of nitrogens with one attached hydrogen (secondary N) is 2. The molecule has 1 saturated heterocycles. The van der Waals surface area contributed by atoms with E-state index in [-0.39, 0.29) is 37.0 Å². The van der Waals surface area contributed by atoms with Crippen molar-refractivity contribution in [2.75, 3.05) is 6.54 Å². The SMILES string of the molecule is Cc1nc2ccccc2c2c1O[C@]1(CC2)C[C@H]2C(=O)C[C@]3(C(=O)NS(=O)(=O)C4(C)CC4)C[C@H]3/C=C\CCCCC[C@H](NC(=O)OC3(C4CC4)CC3)C(=O)N2C1. The summed E-state index contributed by atoms with van der Waals surface area (Å²) in [4.78, 5) is 63.5. The predicted molar refractivity (Wildman–Crippen MR) is 203 cm³/mol. The van der Waals surface area contributed by atoms with Gasteiger partial charge in [-0.15, -0.1) is 0 Å². The second-order valence-electron chi connectivity index (χ2n) is 18.0. The van der Waals surface area contributed by atoms with Gasteiger partial charge in [0, 0.05) is 23.8 Å². The van der Waals surface area contributed by atoms with Crippen LogP contribution < -0.4 is 14.8 Å². The monoisotopic (exact) mass is 772 g/mol. The number of benzene rings is 1. The number of hydrogen-bond acceptors (Lipinski definition) is 9. The molecule has 5 fully saturated rings. The minimum absolute atomic E-state index is 0.127. The molecule has 4 aliphatic carbocycles. The van der Waals surface area contributed by atoms with Crippen LogP contribution in [-0.4, -0.2) is 76.6 Å². The highest BCUT2D eigenvalue weighted by Crippen LogP contribution is 2.58. The highest BCUT2D eigenvalue weighted by atomic mass is 32.2. The van der Waals surface area contributed by atoms with Crippen LogP contribution in [0, 0.1) is 24.2 Å². The van der Waals surface area contributed by atoms with E-state index < -0.39 is 55.5 Å². The van der Waals surface area contributed by atoms with Crippen LogP contribution in [0.15, 0.2) is 36.4 Å². The Morgan fingerprint density at radius 3 is 2.53 bits per heavy atom. The number of aryl methyl sites for hydroxylation is 2. The van der Waals surface area contributed by atoms with Gasteiger partial charge in [0.1, 0.15) is 23.0 Å². The maximum atomic E-state index is 14.9. The number of rotatable bonds is 6. The van der Waals surface area contributed by atoms with E-state index in [1.54, 1.807) is 11.8 Å². The van der Waals surface area contributed by atoms with Crippen LogP contribution in [0.3, 0.4) is 0 Å². The first-order valence-electron chi connectivity index (χ1n) is 20.4. The Balaban J connectivity index is 1.04. The third-order valence-electron chi connectivity index (χ3n) is 13.9. The Hall–Kier alpha value is -4.00. The van der Waals surface area contributed by atoms with Crippen molar-refractivity contribution in [1.82, 2.24) is 19.9 Å². The second kappa shape index (κ2) is 13.0. The van der Waals surface area contributed by atoms with Gasteiger partial charge in [0.05, 0.1) is 34.0 Å². The highest BCUT2D eigenvalue weighted by molar-refractivity contribution is 7.91. The fraction of sp³-hybridized carbons (Fsp3) is 0.643. The standard InChI is InChI=1S/C42H52N4O8S/c1-26-35-30(29-11-8-9-12-31(29)43-26)16-17-40(53-35)23-33-34(47)24-41(37(49)45-55(51,52)39(2)18-19-39)22-28(41)10-6-4-3-5-7-13-32(36(48)46(33)25-40)44-38(50)54-42(20-21-42)27-14-15-27/h6,8-12,27-28,32-33H,3-5,7,13-25H2,1-2H3,(H,44,50)(H,45,49)/b10-6-/t28-,32+,33+,40-,41-/m1/s1. The summed E-state index contributed by atoms with van der Waals surface area (Å²) in [7, 11) is -3.93. The highest BCUT2D eigenvalue weighted by Gasteiger charge is 2.64. The molecule has 13 heteroatoms. The van der Waals surface area contributed by atoms with E-state index in [4.69, 9.17) is 14.5 Å². The molecule has 4 heterocycles. The first-order valence-corrected chi connectivity index (χ1v) is 21.9. The third kappa shape index (κ3) is 6.61. The van der Waals surface area contributed by atoms with Crippen LogP contribution in [0.2, 0.25) is 0 Å². The lowest BCUT2D eigenvalue weighted by Crippen LogP contribution is -2.53. The molecule has 4 saturated carbocycles. The predicted octanol–water partition coefficient (Wildman–Crippen LogP) is 5.73. The van der Waals surface area contributed by atoms with Crippen molar-refractivity contribution >= 4 is 44.6 Å². The first kappa shape index (κ1) is 36.6. The molecule has 55 heavy (non-hydrogen) atoms. The van der Waals surface area contributed by atoms with Crippen molar-refractivity contribution < 1.29 is 37.1 Å². The van der Waals surface area contributed by atoms with Gasteiger partial charge in [-0.3, -0.25) is 19.1 Å². The molecule has 1 spiro atoms. The summed E-state index contributed by atoms with van der Waals surface area (Å²) in [6.07, 6.45) is 13.1. The molecule has 1 aromatic carbocycles. The smallest absolute Gasteiger partial charge is 0.408 e. The number of allylic oxidation sites excluding steroid dienone is 2. The van der Waals surface area contributed by atoms with Crippen LogP contribution in [0.1, 0.15) is 114 Å². The lowest BCUT2D eigenvalue weighted by molar-refractivity contribution is -0.140. The number of carbonyl (C=O) groups excluding carboxylic acids is 4. The molecule has 12 nitrogen and oxygen atoms in total. The Bertz CT molecular complexity index is 2110. The third-order valence-corrected chi connectivity index (χ3v) is 16.1. The Labute approximate surface area is 322 Å². The molecule has 9 rings (SSSR count). The van der Waals surface area contributed by atoms with Crippen LogP contribution in [0.25, 0.3) is 10.9 Å². The zero-order chi connectivity index (χ0) is 38.4. The molecular weight excluding hydrogens is 721 g/mol. The van der Waals surface area contributed by atoms with Gasteiger partial charge in [-0.1, -0.05) is 43.2 Å². The number of ether oxygens (including phenoxy) is 2. The molecule has 0 radical (unpaired) electrons. The summed E-state index contributed by atoms with van der Waals surface area (Å²) in [5, 5.41) is 3.94. The average Bonchev–Trinajstić information content (AvgIpc) is 3.95. The number of fused-ring (bicyclic) bond motifs is 5. The molecule has 294 valence electrons. The molecule has 5 atom stereocenters. The van der Waals surface area contributed by atoms with E-state index in [1.807, 2.05) is 43.3 Å². The van der Waals surface area contributed by atoms with Crippen molar-refractivity contribution in [2.45, 2.75) is 145 Å². The normalized spacial score (nSPS) is 32.8. The number of sulfonamides is 1. The molecule has 0 unspecified atom stereocenters. The maximum Gasteiger partial charge on any atom is 0.408 e. The average molecular weight is 773 g/mol. The molecular formula is C42H52N4O8S. The zero-order valence-corrected chi connectivity index (χ0v) is 32.7. The van der Waals surface area contributed by atoms with E-state index in [0.717, 1.165) is 67.1 Å². The first-order chi connectivity index (χ1) is 26.3. The van der Waals surface area contributed by atoms with Crippen molar-refractivity contribution in [3.05, 3.63) is 47.7 Å². The summed E-state index contributed by atoms with van der Waals surface area (Å²) in [6, 6.07) is 6.09. The maximum absolute atomic E-state index is 14.9. The van der Waals surface area contributed by atoms with Crippen molar-refractivity contribution in [3.63, 3.8) is 0 Å². The lowest BCUT2D eigenvalue weighted by Gasteiger charge is -2.36. The van der Waals surface area contributed by atoms with E-state index in [1.165, 1.54) is 0 Å². The summed E-state index contributed by atoms with van der Waals surface area (Å²) in [6.45, 7) is 3.67. The quantitative estimate of drug-likeness (QED) is 0.350. The van der Waals surface area contributed by atoms with Crippen molar-refractivity contribution in [3.8, 4) is 5.75 Å². The number of ketones is 1. The van der Waals surface area contributed by atoms with Gasteiger partial charge < -0.3 is 19.7 Å².